The van der Waals surface area contributed by atoms with E-state index >= 15 is 0 Å². The number of benzene rings is 1. The molecule has 128 valence electrons. The van der Waals surface area contributed by atoms with Crippen molar-refractivity contribution < 1.29 is 0 Å². The molecule has 0 saturated carbocycles. The molecular formula is C18H15N7S. The van der Waals surface area contributed by atoms with Crippen molar-refractivity contribution in [1.82, 2.24) is 29.2 Å². The fraction of sp³-hybridized carbons (Fsp3) is 0.111. The molecule has 0 amide bonds. The zero-order valence-corrected chi connectivity index (χ0v) is 14.8. The highest BCUT2D eigenvalue weighted by Crippen LogP contribution is 2.25. The summed E-state index contributed by atoms with van der Waals surface area (Å²) in [5.74, 6) is 0.871. The summed E-state index contributed by atoms with van der Waals surface area (Å²) in [5, 5.41) is 12.1. The van der Waals surface area contributed by atoms with Gasteiger partial charge in [-0.3, -0.25) is 0 Å². The SMILES string of the molecule is C[C@H](Nc1cc(-c2ccccc2)nc2ccnn12)c1cn2ncsc2n1. The molecule has 1 aromatic carbocycles. The van der Waals surface area contributed by atoms with Crippen molar-refractivity contribution in [1.29, 1.82) is 0 Å². The highest BCUT2D eigenvalue weighted by molar-refractivity contribution is 7.14. The number of aromatic nitrogens is 6. The summed E-state index contributed by atoms with van der Waals surface area (Å²) in [5.41, 5.74) is 5.49. The van der Waals surface area contributed by atoms with E-state index in [9.17, 15) is 0 Å². The molecule has 4 aromatic heterocycles. The maximum absolute atomic E-state index is 4.71. The van der Waals surface area contributed by atoms with E-state index in [2.05, 4.69) is 39.6 Å². The van der Waals surface area contributed by atoms with Crippen LogP contribution >= 0.6 is 11.3 Å². The Hall–Kier alpha value is -3.26. The second-order valence-corrected chi connectivity index (χ2v) is 6.80. The zero-order chi connectivity index (χ0) is 17.5. The molecule has 0 bridgehead atoms. The number of nitrogens with zero attached hydrogens (tertiary/aromatic N) is 6. The van der Waals surface area contributed by atoms with Crippen LogP contribution in [0.15, 0.2) is 60.4 Å². The quantitative estimate of drug-likeness (QED) is 0.529. The minimum atomic E-state index is 0.00215. The van der Waals surface area contributed by atoms with Gasteiger partial charge in [0.2, 0.25) is 4.96 Å². The summed E-state index contributed by atoms with van der Waals surface area (Å²) in [4.78, 5) is 10.2. The Bertz CT molecular complexity index is 1160. The molecule has 0 unspecified atom stereocenters. The maximum atomic E-state index is 4.71. The third kappa shape index (κ3) is 2.51. The van der Waals surface area contributed by atoms with Gasteiger partial charge in [-0.25, -0.2) is 14.5 Å². The molecule has 0 radical (unpaired) electrons. The van der Waals surface area contributed by atoms with Gasteiger partial charge in [0.1, 0.15) is 11.3 Å². The molecule has 1 N–H and O–H groups in total. The normalized spacial score (nSPS) is 12.7. The van der Waals surface area contributed by atoms with E-state index in [1.165, 1.54) is 11.3 Å². The van der Waals surface area contributed by atoms with E-state index in [4.69, 9.17) is 4.98 Å². The summed E-state index contributed by atoms with van der Waals surface area (Å²) in [7, 11) is 0. The van der Waals surface area contributed by atoms with Gasteiger partial charge in [0.05, 0.1) is 29.8 Å². The van der Waals surface area contributed by atoms with E-state index < -0.39 is 0 Å². The Balaban J connectivity index is 1.55. The first-order valence-electron chi connectivity index (χ1n) is 8.23. The summed E-state index contributed by atoms with van der Waals surface area (Å²) >= 11 is 1.52. The number of hydrogen-bond acceptors (Lipinski definition) is 6. The van der Waals surface area contributed by atoms with Crippen LogP contribution in [0, 0.1) is 0 Å². The molecule has 0 spiro atoms. The monoisotopic (exact) mass is 361 g/mol. The van der Waals surface area contributed by atoms with Gasteiger partial charge < -0.3 is 5.32 Å². The highest BCUT2D eigenvalue weighted by atomic mass is 32.1. The lowest BCUT2D eigenvalue weighted by atomic mass is 10.1. The lowest BCUT2D eigenvalue weighted by molar-refractivity contribution is 0.816. The molecule has 0 fully saturated rings. The van der Waals surface area contributed by atoms with Gasteiger partial charge in [-0.05, 0) is 6.92 Å². The molecule has 5 aromatic rings. The van der Waals surface area contributed by atoms with Crippen LogP contribution in [0.4, 0.5) is 5.82 Å². The van der Waals surface area contributed by atoms with Gasteiger partial charge in [-0.15, -0.1) is 0 Å². The average molecular weight is 361 g/mol. The lowest BCUT2D eigenvalue weighted by Crippen LogP contribution is -2.11. The number of fused-ring (bicyclic) bond motifs is 2. The highest BCUT2D eigenvalue weighted by Gasteiger charge is 2.15. The second-order valence-electron chi connectivity index (χ2n) is 5.99. The Morgan fingerprint density at radius 1 is 1.08 bits per heavy atom. The van der Waals surface area contributed by atoms with Gasteiger partial charge in [-0.2, -0.15) is 14.7 Å². The topological polar surface area (TPSA) is 72.4 Å². The van der Waals surface area contributed by atoms with Crippen LogP contribution < -0.4 is 5.32 Å². The average Bonchev–Trinajstić information content (AvgIpc) is 3.38. The first kappa shape index (κ1) is 15.0. The van der Waals surface area contributed by atoms with Crippen LogP contribution in [-0.4, -0.2) is 29.2 Å². The fourth-order valence-electron chi connectivity index (χ4n) is 2.93. The standard InChI is InChI=1S/C18H15N7S/c1-12(15-10-24-18(23-15)26-11-20-24)21-17-9-14(13-5-3-2-4-6-13)22-16-7-8-19-25(16)17/h2-12,21H,1H3/t12-/m0/s1. The summed E-state index contributed by atoms with van der Waals surface area (Å²) in [6.45, 7) is 2.07. The molecule has 4 heterocycles. The molecule has 0 aliphatic rings. The van der Waals surface area contributed by atoms with Crippen molar-refractivity contribution in [3.05, 3.63) is 66.1 Å². The Morgan fingerprint density at radius 3 is 2.81 bits per heavy atom. The third-order valence-electron chi connectivity index (χ3n) is 4.24. The Labute approximate surface area is 153 Å². The number of hydrogen-bond donors (Lipinski definition) is 1. The molecular weight excluding hydrogens is 346 g/mol. The summed E-state index contributed by atoms with van der Waals surface area (Å²) in [6, 6.07) is 14.1. The van der Waals surface area contributed by atoms with Crippen LogP contribution in [0.5, 0.6) is 0 Å². The van der Waals surface area contributed by atoms with Crippen LogP contribution in [0.25, 0.3) is 21.9 Å². The van der Waals surface area contributed by atoms with Crippen LogP contribution in [-0.2, 0) is 0 Å². The molecule has 7 nitrogen and oxygen atoms in total. The van der Waals surface area contributed by atoms with Crippen molar-refractivity contribution in [3.8, 4) is 11.3 Å². The molecule has 5 rings (SSSR count). The van der Waals surface area contributed by atoms with Crippen molar-refractivity contribution in [2.75, 3.05) is 5.32 Å². The van der Waals surface area contributed by atoms with E-state index in [1.54, 1.807) is 20.7 Å². The molecule has 0 saturated heterocycles. The van der Waals surface area contributed by atoms with Crippen molar-refractivity contribution in [3.63, 3.8) is 0 Å². The van der Waals surface area contributed by atoms with E-state index in [0.29, 0.717) is 0 Å². The van der Waals surface area contributed by atoms with Gasteiger partial charge in [-0.1, -0.05) is 41.7 Å². The maximum Gasteiger partial charge on any atom is 0.212 e. The van der Waals surface area contributed by atoms with Gasteiger partial charge >= 0.3 is 0 Å². The fourth-order valence-corrected chi connectivity index (χ4v) is 3.54. The van der Waals surface area contributed by atoms with Gasteiger partial charge in [0.15, 0.2) is 5.65 Å². The molecule has 0 aliphatic heterocycles. The van der Waals surface area contributed by atoms with Crippen molar-refractivity contribution in [2.24, 2.45) is 0 Å². The first-order chi connectivity index (χ1) is 12.8. The summed E-state index contributed by atoms with van der Waals surface area (Å²) < 4.78 is 3.60. The largest absolute Gasteiger partial charge is 0.362 e. The van der Waals surface area contributed by atoms with E-state index in [0.717, 1.165) is 33.4 Å². The first-order valence-corrected chi connectivity index (χ1v) is 9.11. The minimum absolute atomic E-state index is 0.00215. The zero-order valence-electron chi connectivity index (χ0n) is 13.9. The van der Waals surface area contributed by atoms with Crippen LogP contribution in [0.2, 0.25) is 0 Å². The predicted octanol–water partition coefficient (Wildman–Crippen LogP) is 3.67. The van der Waals surface area contributed by atoms with Crippen LogP contribution in [0.3, 0.4) is 0 Å². The van der Waals surface area contributed by atoms with Crippen molar-refractivity contribution in [2.45, 2.75) is 13.0 Å². The number of anilines is 1. The van der Waals surface area contributed by atoms with E-state index in [1.807, 2.05) is 36.5 Å². The molecule has 8 heteroatoms. The Kier molecular flexibility index (Phi) is 3.42. The van der Waals surface area contributed by atoms with Gasteiger partial charge in [0.25, 0.3) is 0 Å². The smallest absolute Gasteiger partial charge is 0.212 e. The lowest BCUT2D eigenvalue weighted by Gasteiger charge is -2.15. The predicted molar refractivity (Wildman–Crippen MR) is 101 cm³/mol. The van der Waals surface area contributed by atoms with E-state index in [-0.39, 0.29) is 6.04 Å². The molecule has 26 heavy (non-hydrogen) atoms. The third-order valence-corrected chi connectivity index (χ3v) is 4.93. The second kappa shape index (κ2) is 5.92. The van der Waals surface area contributed by atoms with Crippen LogP contribution in [0.1, 0.15) is 18.7 Å². The van der Waals surface area contributed by atoms with Gasteiger partial charge in [0, 0.05) is 17.7 Å². The van der Waals surface area contributed by atoms with Crippen molar-refractivity contribution >= 4 is 27.8 Å². The number of rotatable bonds is 4. The molecule has 0 aliphatic carbocycles. The number of nitrogens with one attached hydrogen (secondary N) is 1. The Morgan fingerprint density at radius 2 is 1.96 bits per heavy atom. The molecule has 1 atom stereocenters. The summed E-state index contributed by atoms with van der Waals surface area (Å²) in [6.07, 6.45) is 3.70. The number of imidazole rings is 1. The minimum Gasteiger partial charge on any atom is -0.362 e.